The van der Waals surface area contributed by atoms with Crippen molar-refractivity contribution < 1.29 is 13.2 Å². The van der Waals surface area contributed by atoms with Crippen LogP contribution >= 0.6 is 11.3 Å². The number of pyridine rings is 1. The minimum absolute atomic E-state index is 0.125. The monoisotopic (exact) mass is 313 g/mol. The van der Waals surface area contributed by atoms with Crippen molar-refractivity contribution >= 4 is 38.1 Å². The third-order valence-electron chi connectivity index (χ3n) is 2.05. The standard InChI is InChI=1S/C10H11N5O3S2/c1-6-3-8(5-11-4-6)15-20(17,18)10-14-13-9(19-10)12-7(2)16/h3-5,15H,1-2H3,(H,12,13,16). The number of aryl methyl sites for hydroxylation is 1. The third kappa shape index (κ3) is 3.48. The van der Waals surface area contributed by atoms with Crippen molar-refractivity contribution in [3.8, 4) is 0 Å². The van der Waals surface area contributed by atoms with Gasteiger partial charge in [-0.05, 0) is 18.6 Å². The molecule has 0 saturated heterocycles. The second kappa shape index (κ2) is 5.51. The molecule has 2 rings (SSSR count). The normalized spacial score (nSPS) is 11.1. The molecule has 2 N–H and O–H groups in total. The van der Waals surface area contributed by atoms with E-state index in [1.165, 1.54) is 13.1 Å². The van der Waals surface area contributed by atoms with Crippen LogP contribution in [-0.2, 0) is 14.8 Å². The smallest absolute Gasteiger partial charge is 0.291 e. The van der Waals surface area contributed by atoms with Crippen molar-refractivity contribution in [2.24, 2.45) is 0 Å². The van der Waals surface area contributed by atoms with Gasteiger partial charge in [0.25, 0.3) is 14.4 Å². The molecule has 8 nitrogen and oxygen atoms in total. The molecule has 0 aromatic carbocycles. The molecular weight excluding hydrogens is 302 g/mol. The van der Waals surface area contributed by atoms with E-state index in [1.54, 1.807) is 19.2 Å². The molecule has 0 aliphatic heterocycles. The minimum atomic E-state index is -3.84. The summed E-state index contributed by atoms with van der Waals surface area (Å²) in [5, 5.41) is 9.62. The lowest BCUT2D eigenvalue weighted by Gasteiger charge is -2.04. The van der Waals surface area contributed by atoms with E-state index in [2.05, 4.69) is 25.2 Å². The Morgan fingerprint density at radius 3 is 2.70 bits per heavy atom. The molecule has 0 unspecified atom stereocenters. The summed E-state index contributed by atoms with van der Waals surface area (Å²) in [6.45, 7) is 3.09. The third-order valence-corrected chi connectivity index (χ3v) is 4.63. The number of carbonyl (C=O) groups excluding carboxylic acids is 1. The van der Waals surface area contributed by atoms with Crippen molar-refractivity contribution in [3.63, 3.8) is 0 Å². The Morgan fingerprint density at radius 1 is 1.30 bits per heavy atom. The molecule has 2 heterocycles. The van der Waals surface area contributed by atoms with Gasteiger partial charge in [0.1, 0.15) is 0 Å². The second-order valence-electron chi connectivity index (χ2n) is 3.91. The summed E-state index contributed by atoms with van der Waals surface area (Å²) in [5.41, 5.74) is 1.16. The molecule has 106 valence electrons. The first-order valence-corrected chi connectivity index (χ1v) is 7.72. The van der Waals surface area contributed by atoms with E-state index in [0.717, 1.165) is 16.9 Å². The van der Waals surface area contributed by atoms with Gasteiger partial charge < -0.3 is 5.32 Å². The molecule has 0 aliphatic carbocycles. The molecule has 0 fully saturated rings. The van der Waals surface area contributed by atoms with Crippen LogP contribution in [0.15, 0.2) is 22.8 Å². The summed E-state index contributed by atoms with van der Waals surface area (Å²) < 4.78 is 26.3. The maximum atomic E-state index is 12.1. The Morgan fingerprint density at radius 2 is 2.05 bits per heavy atom. The maximum absolute atomic E-state index is 12.1. The number of carbonyl (C=O) groups is 1. The van der Waals surface area contributed by atoms with Crippen LogP contribution < -0.4 is 10.0 Å². The van der Waals surface area contributed by atoms with Gasteiger partial charge in [0.2, 0.25) is 11.0 Å². The molecule has 0 spiro atoms. The number of nitrogens with zero attached hydrogens (tertiary/aromatic N) is 3. The quantitative estimate of drug-likeness (QED) is 0.814. The zero-order chi connectivity index (χ0) is 14.8. The van der Waals surface area contributed by atoms with E-state index in [9.17, 15) is 13.2 Å². The van der Waals surface area contributed by atoms with Gasteiger partial charge >= 0.3 is 0 Å². The van der Waals surface area contributed by atoms with E-state index in [1.807, 2.05) is 0 Å². The number of hydrogen-bond donors (Lipinski definition) is 2. The Hall–Kier alpha value is -2.07. The number of amides is 1. The van der Waals surface area contributed by atoms with Crippen LogP contribution in [0.4, 0.5) is 10.8 Å². The van der Waals surface area contributed by atoms with Crippen molar-refractivity contribution in [3.05, 3.63) is 24.0 Å². The average molecular weight is 313 g/mol. The Kier molecular flexibility index (Phi) is 3.95. The topological polar surface area (TPSA) is 114 Å². The maximum Gasteiger partial charge on any atom is 0.291 e. The summed E-state index contributed by atoms with van der Waals surface area (Å²) in [5.74, 6) is -0.346. The zero-order valence-electron chi connectivity index (χ0n) is 10.6. The second-order valence-corrected chi connectivity index (χ2v) is 6.74. The molecule has 0 bridgehead atoms. The molecule has 10 heteroatoms. The molecule has 20 heavy (non-hydrogen) atoms. The molecule has 2 aromatic rings. The van der Waals surface area contributed by atoms with Crippen LogP contribution in [0.5, 0.6) is 0 Å². The average Bonchev–Trinajstić information content (AvgIpc) is 2.76. The molecular formula is C10H11N5O3S2. The van der Waals surface area contributed by atoms with Crippen LogP contribution in [0.2, 0.25) is 0 Å². The van der Waals surface area contributed by atoms with Gasteiger partial charge in [-0.2, -0.15) is 8.42 Å². The number of anilines is 2. The van der Waals surface area contributed by atoms with Crippen molar-refractivity contribution in [1.82, 2.24) is 15.2 Å². The first-order chi connectivity index (χ1) is 9.37. The highest BCUT2D eigenvalue weighted by Gasteiger charge is 2.20. The first-order valence-electron chi connectivity index (χ1n) is 5.42. The van der Waals surface area contributed by atoms with Gasteiger partial charge in [-0.15, -0.1) is 10.2 Å². The fourth-order valence-electron chi connectivity index (χ4n) is 1.33. The van der Waals surface area contributed by atoms with E-state index in [-0.39, 0.29) is 15.4 Å². The van der Waals surface area contributed by atoms with Crippen LogP contribution in [0.25, 0.3) is 0 Å². The van der Waals surface area contributed by atoms with Crippen molar-refractivity contribution in [2.75, 3.05) is 10.0 Å². The van der Waals surface area contributed by atoms with E-state index in [0.29, 0.717) is 5.69 Å². The lowest BCUT2D eigenvalue weighted by atomic mass is 10.3. The number of nitrogens with one attached hydrogen (secondary N) is 2. The van der Waals surface area contributed by atoms with Crippen molar-refractivity contribution in [2.45, 2.75) is 18.2 Å². The predicted molar refractivity (Wildman–Crippen MR) is 74.0 cm³/mol. The highest BCUT2D eigenvalue weighted by molar-refractivity contribution is 7.94. The number of sulfonamides is 1. The Balaban J connectivity index is 2.22. The molecule has 1 amide bonds. The first kappa shape index (κ1) is 14.3. The lowest BCUT2D eigenvalue weighted by Crippen LogP contribution is -2.13. The summed E-state index contributed by atoms with van der Waals surface area (Å²) in [4.78, 5) is 14.7. The van der Waals surface area contributed by atoms with Gasteiger partial charge in [0.15, 0.2) is 0 Å². The fourth-order valence-corrected chi connectivity index (χ4v) is 3.31. The van der Waals surface area contributed by atoms with Crippen molar-refractivity contribution in [1.29, 1.82) is 0 Å². The summed E-state index contributed by atoms with van der Waals surface area (Å²) in [6, 6.07) is 1.64. The zero-order valence-corrected chi connectivity index (χ0v) is 12.2. The number of aromatic nitrogens is 3. The summed E-state index contributed by atoms with van der Waals surface area (Å²) >= 11 is 0.767. The highest BCUT2D eigenvalue weighted by Crippen LogP contribution is 2.22. The summed E-state index contributed by atoms with van der Waals surface area (Å²) in [7, 11) is -3.84. The Bertz CT molecular complexity index is 741. The molecule has 0 atom stereocenters. The lowest BCUT2D eigenvalue weighted by molar-refractivity contribution is -0.114. The van der Waals surface area contributed by atoms with Gasteiger partial charge in [0.05, 0.1) is 11.9 Å². The minimum Gasteiger partial charge on any atom is -0.301 e. The fraction of sp³-hybridized carbons (Fsp3) is 0.200. The molecule has 2 aromatic heterocycles. The number of rotatable bonds is 4. The number of hydrogen-bond acceptors (Lipinski definition) is 7. The largest absolute Gasteiger partial charge is 0.301 e. The molecule has 0 radical (unpaired) electrons. The van der Waals surface area contributed by atoms with E-state index >= 15 is 0 Å². The molecule has 0 saturated carbocycles. The SMILES string of the molecule is CC(=O)Nc1nnc(S(=O)(=O)Nc2cncc(C)c2)s1. The molecule has 0 aliphatic rings. The van der Waals surface area contributed by atoms with Gasteiger partial charge in [-0.25, -0.2) is 0 Å². The van der Waals surface area contributed by atoms with Crippen LogP contribution in [0, 0.1) is 6.92 Å². The van der Waals surface area contributed by atoms with Crippen LogP contribution in [-0.4, -0.2) is 29.5 Å². The van der Waals surface area contributed by atoms with Gasteiger partial charge in [0, 0.05) is 13.1 Å². The highest BCUT2D eigenvalue weighted by atomic mass is 32.2. The Labute approximate surface area is 119 Å². The van der Waals surface area contributed by atoms with Crippen LogP contribution in [0.3, 0.4) is 0 Å². The predicted octanol–water partition coefficient (Wildman–Crippen LogP) is 1.00. The van der Waals surface area contributed by atoms with Gasteiger partial charge in [-0.1, -0.05) is 11.3 Å². The van der Waals surface area contributed by atoms with Crippen LogP contribution in [0.1, 0.15) is 12.5 Å². The van der Waals surface area contributed by atoms with E-state index in [4.69, 9.17) is 0 Å². The van der Waals surface area contributed by atoms with E-state index < -0.39 is 10.0 Å². The van der Waals surface area contributed by atoms with Gasteiger partial charge in [-0.3, -0.25) is 14.5 Å². The summed E-state index contributed by atoms with van der Waals surface area (Å²) in [6.07, 6.45) is 3.00.